The lowest BCUT2D eigenvalue weighted by Crippen LogP contribution is -2.65. The molecule has 34 heavy (non-hydrogen) atoms. The Balaban J connectivity index is 1.53. The van der Waals surface area contributed by atoms with Gasteiger partial charge in [0.25, 0.3) is 0 Å². The highest BCUT2D eigenvalue weighted by Gasteiger charge is 2.36. The third kappa shape index (κ3) is 5.00. The largest absolute Gasteiger partial charge is 0.436 e. The average Bonchev–Trinajstić information content (AvgIpc) is 2.83. The van der Waals surface area contributed by atoms with Crippen LogP contribution in [0.15, 0.2) is 60.8 Å². The Morgan fingerprint density at radius 3 is 2.68 bits per heavy atom. The van der Waals surface area contributed by atoms with Gasteiger partial charge in [-0.15, -0.1) is 0 Å². The van der Waals surface area contributed by atoms with Gasteiger partial charge in [0, 0.05) is 36.1 Å². The molecule has 0 aliphatic carbocycles. The number of nitrogens with one attached hydrogen (secondary N) is 2. The highest BCUT2D eigenvalue weighted by atomic mass is 35.5. The maximum absolute atomic E-state index is 14.7. The zero-order valence-electron chi connectivity index (χ0n) is 17.8. The number of amides is 4. The number of ether oxygens (including phenoxy) is 1. The molecule has 1 aliphatic heterocycles. The first-order valence-corrected chi connectivity index (χ1v) is 10.4. The molecule has 0 bridgehead atoms. The van der Waals surface area contributed by atoms with Gasteiger partial charge in [0.2, 0.25) is 5.88 Å². The van der Waals surface area contributed by atoms with Gasteiger partial charge < -0.3 is 10.1 Å². The summed E-state index contributed by atoms with van der Waals surface area (Å²) in [5.74, 6) is -0.736. The van der Waals surface area contributed by atoms with E-state index in [-0.39, 0.29) is 18.2 Å². The molecule has 1 unspecified atom stereocenters. The number of carbonyl (C=O) groups excluding carboxylic acids is 2. The minimum atomic E-state index is -0.938. The SMILES string of the molecule is CN1C(=O)NC(Nc2ccc(Oc3cc(C#N)ccn3)c(F)c2)N(Cc2ccc(Cl)cc2)C1=O. The number of pyridine rings is 1. The van der Waals surface area contributed by atoms with Crippen LogP contribution in [0, 0.1) is 17.1 Å². The molecule has 1 saturated heterocycles. The van der Waals surface area contributed by atoms with Gasteiger partial charge in [-0.3, -0.25) is 10.2 Å². The summed E-state index contributed by atoms with van der Waals surface area (Å²) < 4.78 is 20.2. The van der Waals surface area contributed by atoms with Crippen molar-refractivity contribution < 1.29 is 18.7 Å². The number of halogens is 2. The third-order valence-electron chi connectivity index (χ3n) is 4.99. The van der Waals surface area contributed by atoms with Crippen molar-refractivity contribution in [2.45, 2.75) is 12.8 Å². The number of nitriles is 1. The van der Waals surface area contributed by atoms with Crippen LogP contribution < -0.4 is 15.4 Å². The summed E-state index contributed by atoms with van der Waals surface area (Å²) in [4.78, 5) is 31.3. The van der Waals surface area contributed by atoms with E-state index in [1.807, 2.05) is 6.07 Å². The molecule has 0 spiro atoms. The maximum Gasteiger partial charge on any atom is 0.331 e. The summed E-state index contributed by atoms with van der Waals surface area (Å²) in [6.07, 6.45) is 0.448. The lowest BCUT2D eigenvalue weighted by molar-refractivity contribution is 0.114. The number of carbonyl (C=O) groups is 2. The van der Waals surface area contributed by atoms with Gasteiger partial charge in [-0.2, -0.15) is 5.26 Å². The van der Waals surface area contributed by atoms with Crippen molar-refractivity contribution in [3.8, 4) is 17.7 Å². The molecular weight excluding hydrogens is 463 g/mol. The van der Waals surface area contributed by atoms with Crippen LogP contribution in [0.25, 0.3) is 0 Å². The highest BCUT2D eigenvalue weighted by molar-refractivity contribution is 6.30. The van der Waals surface area contributed by atoms with E-state index in [4.69, 9.17) is 21.6 Å². The van der Waals surface area contributed by atoms with Gasteiger partial charge in [0.1, 0.15) is 0 Å². The molecule has 1 fully saturated rings. The second kappa shape index (κ2) is 9.64. The van der Waals surface area contributed by atoms with Gasteiger partial charge in [-0.25, -0.2) is 23.9 Å². The number of aromatic nitrogens is 1. The van der Waals surface area contributed by atoms with E-state index in [1.165, 1.54) is 48.5 Å². The molecule has 1 aromatic heterocycles. The lowest BCUT2D eigenvalue weighted by Gasteiger charge is -2.40. The fourth-order valence-corrected chi connectivity index (χ4v) is 3.35. The van der Waals surface area contributed by atoms with Crippen LogP contribution in [0.5, 0.6) is 11.6 Å². The Kier molecular flexibility index (Phi) is 6.47. The molecule has 2 heterocycles. The minimum Gasteiger partial charge on any atom is -0.436 e. The third-order valence-corrected chi connectivity index (χ3v) is 5.24. The maximum atomic E-state index is 14.7. The molecular formula is C23H18ClFN6O3. The molecule has 3 aromatic rings. The lowest BCUT2D eigenvalue weighted by atomic mass is 10.2. The molecule has 2 N–H and O–H groups in total. The monoisotopic (exact) mass is 480 g/mol. The summed E-state index contributed by atoms with van der Waals surface area (Å²) >= 11 is 5.93. The van der Waals surface area contributed by atoms with Gasteiger partial charge >= 0.3 is 12.1 Å². The Bertz CT molecular complexity index is 1280. The molecule has 4 rings (SSSR count). The van der Waals surface area contributed by atoms with Crippen molar-refractivity contribution in [3.05, 3.63) is 82.8 Å². The number of rotatable bonds is 6. The number of hydrogen-bond acceptors (Lipinski definition) is 6. The molecule has 9 nitrogen and oxygen atoms in total. The number of hydrogen-bond donors (Lipinski definition) is 2. The summed E-state index contributed by atoms with van der Waals surface area (Å²) in [6.45, 7) is 0.170. The Labute approximate surface area is 199 Å². The van der Waals surface area contributed by atoms with Gasteiger partial charge in [-0.1, -0.05) is 23.7 Å². The molecule has 11 heteroatoms. The van der Waals surface area contributed by atoms with Crippen molar-refractivity contribution in [3.63, 3.8) is 0 Å². The van der Waals surface area contributed by atoms with Crippen molar-refractivity contribution in [1.82, 2.24) is 20.1 Å². The number of imide groups is 1. The Morgan fingerprint density at radius 1 is 1.21 bits per heavy atom. The first-order valence-electron chi connectivity index (χ1n) is 10.0. The quantitative estimate of drug-likeness (QED) is 0.537. The Morgan fingerprint density at radius 2 is 1.97 bits per heavy atom. The fraction of sp³-hybridized carbons (Fsp3) is 0.130. The standard InChI is InChI=1S/C23H18ClFN6O3/c1-30-22(32)29-21(31(23(30)33)13-14-2-4-16(24)5-3-14)28-17-6-7-19(18(25)11-17)34-20-10-15(12-26)8-9-27-20/h2-11,21,28H,13H2,1H3,(H,29,32). The van der Waals surface area contributed by atoms with Gasteiger partial charge in [0.05, 0.1) is 18.2 Å². The normalized spacial score (nSPS) is 15.5. The predicted octanol–water partition coefficient (Wildman–Crippen LogP) is 4.51. The van der Waals surface area contributed by atoms with E-state index in [2.05, 4.69) is 15.6 Å². The summed E-state index contributed by atoms with van der Waals surface area (Å²) in [6, 6.07) is 14.7. The predicted molar refractivity (Wildman–Crippen MR) is 122 cm³/mol. The number of urea groups is 2. The van der Waals surface area contributed by atoms with Gasteiger partial charge in [0.15, 0.2) is 17.9 Å². The zero-order valence-corrected chi connectivity index (χ0v) is 18.6. The molecule has 1 aliphatic rings. The molecule has 0 radical (unpaired) electrons. The van der Waals surface area contributed by atoms with E-state index in [0.29, 0.717) is 16.3 Å². The van der Waals surface area contributed by atoms with Crippen molar-refractivity contribution in [2.24, 2.45) is 0 Å². The zero-order chi connectivity index (χ0) is 24.2. The van der Waals surface area contributed by atoms with E-state index < -0.39 is 24.2 Å². The summed E-state index contributed by atoms with van der Waals surface area (Å²) in [5.41, 5.74) is 1.41. The van der Waals surface area contributed by atoms with Crippen LogP contribution in [0.2, 0.25) is 5.02 Å². The number of nitrogens with zero attached hydrogens (tertiary/aromatic N) is 4. The van der Waals surface area contributed by atoms with Crippen LogP contribution in [0.4, 0.5) is 19.7 Å². The smallest absolute Gasteiger partial charge is 0.331 e. The Hall–Kier alpha value is -4.36. The highest BCUT2D eigenvalue weighted by Crippen LogP contribution is 2.27. The van der Waals surface area contributed by atoms with E-state index in [0.717, 1.165) is 10.5 Å². The summed E-state index contributed by atoms with van der Waals surface area (Å²) in [5, 5.41) is 15.2. The van der Waals surface area contributed by atoms with Crippen LogP contribution in [0.1, 0.15) is 11.1 Å². The fourth-order valence-electron chi connectivity index (χ4n) is 3.22. The molecule has 172 valence electrons. The molecule has 1 atom stereocenters. The van der Waals surface area contributed by atoms with Crippen LogP contribution in [-0.4, -0.2) is 40.2 Å². The second-order valence-corrected chi connectivity index (χ2v) is 7.77. The van der Waals surface area contributed by atoms with E-state index >= 15 is 0 Å². The van der Waals surface area contributed by atoms with Gasteiger partial charge in [-0.05, 0) is 35.9 Å². The topological polar surface area (TPSA) is 111 Å². The van der Waals surface area contributed by atoms with Crippen molar-refractivity contribution >= 4 is 29.4 Å². The van der Waals surface area contributed by atoms with Crippen LogP contribution >= 0.6 is 11.6 Å². The molecule has 4 amide bonds. The van der Waals surface area contributed by atoms with E-state index in [1.54, 1.807) is 24.3 Å². The van der Waals surface area contributed by atoms with E-state index in [9.17, 15) is 14.0 Å². The summed E-state index contributed by atoms with van der Waals surface area (Å²) in [7, 11) is 1.36. The van der Waals surface area contributed by atoms with Crippen molar-refractivity contribution in [1.29, 1.82) is 5.26 Å². The first-order chi connectivity index (χ1) is 16.3. The van der Waals surface area contributed by atoms with Crippen molar-refractivity contribution in [2.75, 3.05) is 12.4 Å². The minimum absolute atomic E-state index is 0.0703. The first kappa shape index (κ1) is 22.8. The average molecular weight is 481 g/mol. The second-order valence-electron chi connectivity index (χ2n) is 7.33. The van der Waals surface area contributed by atoms with Crippen LogP contribution in [-0.2, 0) is 6.54 Å². The number of anilines is 1. The molecule has 0 saturated carbocycles. The molecule has 2 aromatic carbocycles. The van der Waals surface area contributed by atoms with Crippen LogP contribution in [0.3, 0.4) is 0 Å². The number of benzene rings is 2.